The van der Waals surface area contributed by atoms with Crippen LogP contribution in [0.2, 0.25) is 0 Å². The van der Waals surface area contributed by atoms with E-state index >= 15 is 0 Å². The van der Waals surface area contributed by atoms with E-state index in [1.54, 1.807) is 7.05 Å². The number of nitrogens with one attached hydrogen (secondary N) is 2. The van der Waals surface area contributed by atoms with Gasteiger partial charge in [-0.15, -0.1) is 0 Å². The zero-order valence-electron chi connectivity index (χ0n) is 17.8. The molecule has 3 aliphatic carbocycles. The average Bonchev–Trinajstić information content (AvgIpc) is 3.42. The van der Waals surface area contributed by atoms with Gasteiger partial charge in [-0.25, -0.2) is 4.39 Å². The number of hydrogen-bond acceptors (Lipinski definition) is 3. The largest absolute Gasteiger partial charge is 0.356 e. The summed E-state index contributed by atoms with van der Waals surface area (Å²) in [5.74, 6) is 0.593. The van der Waals surface area contributed by atoms with Crippen molar-refractivity contribution in [3.8, 4) is 0 Å². The summed E-state index contributed by atoms with van der Waals surface area (Å²) in [6.07, 6.45) is 8.44. The molecule has 1 aromatic carbocycles. The van der Waals surface area contributed by atoms with Gasteiger partial charge in [0.25, 0.3) is 0 Å². The Kier molecular flexibility index (Phi) is 5.07. The Morgan fingerprint density at radius 2 is 1.74 bits per heavy atom. The van der Waals surface area contributed by atoms with Crippen LogP contribution >= 0.6 is 0 Å². The van der Waals surface area contributed by atoms with Gasteiger partial charge >= 0.3 is 0 Å². The lowest BCUT2D eigenvalue weighted by Gasteiger charge is -2.43. The highest BCUT2D eigenvalue weighted by molar-refractivity contribution is 6.06. The van der Waals surface area contributed by atoms with Gasteiger partial charge in [-0.3, -0.25) is 19.5 Å². The third-order valence-electron chi connectivity index (χ3n) is 7.77. The first-order chi connectivity index (χ1) is 15.0. The van der Waals surface area contributed by atoms with Crippen molar-refractivity contribution in [3.63, 3.8) is 0 Å². The van der Waals surface area contributed by atoms with Gasteiger partial charge in [0.15, 0.2) is 5.96 Å². The molecule has 1 saturated heterocycles. The number of halogens is 1. The SMILES string of the molecule is CN=C(NCCN1C(=O)C2C3C=CC(C3)C2C1=O)NCC1(c2ccc(F)cc2)CCC1. The van der Waals surface area contributed by atoms with E-state index in [0.717, 1.165) is 31.2 Å². The number of allylic oxidation sites excluding steroid dienone is 2. The second kappa shape index (κ2) is 7.77. The first-order valence-corrected chi connectivity index (χ1v) is 11.3. The fourth-order valence-corrected chi connectivity index (χ4v) is 5.92. The molecule has 0 radical (unpaired) electrons. The van der Waals surface area contributed by atoms with E-state index in [2.05, 4.69) is 27.8 Å². The summed E-state index contributed by atoms with van der Waals surface area (Å²) >= 11 is 0. The summed E-state index contributed by atoms with van der Waals surface area (Å²) in [7, 11) is 1.71. The van der Waals surface area contributed by atoms with Crippen LogP contribution in [0.3, 0.4) is 0 Å². The molecule has 2 amide bonds. The fourth-order valence-electron chi connectivity index (χ4n) is 5.92. The smallest absolute Gasteiger partial charge is 0.233 e. The molecule has 1 heterocycles. The molecule has 4 atom stereocenters. The van der Waals surface area contributed by atoms with Gasteiger partial charge in [-0.2, -0.15) is 0 Å². The number of hydrogen-bond donors (Lipinski definition) is 2. The highest BCUT2D eigenvalue weighted by atomic mass is 19.1. The van der Waals surface area contributed by atoms with Crippen molar-refractivity contribution in [1.29, 1.82) is 0 Å². The Hall–Kier alpha value is -2.70. The molecule has 0 spiro atoms. The molecule has 6 nitrogen and oxygen atoms in total. The molecule has 2 saturated carbocycles. The third kappa shape index (κ3) is 3.34. The quantitative estimate of drug-likeness (QED) is 0.318. The number of benzene rings is 1. The van der Waals surface area contributed by atoms with Crippen LogP contribution in [0.5, 0.6) is 0 Å². The number of imide groups is 1. The lowest BCUT2D eigenvalue weighted by Crippen LogP contribution is -2.50. The molecule has 3 fully saturated rings. The van der Waals surface area contributed by atoms with Crippen LogP contribution in [-0.2, 0) is 15.0 Å². The second-order valence-electron chi connectivity index (χ2n) is 9.32. The van der Waals surface area contributed by atoms with Crippen molar-refractivity contribution < 1.29 is 14.0 Å². The third-order valence-corrected chi connectivity index (χ3v) is 7.77. The maximum atomic E-state index is 13.3. The van der Waals surface area contributed by atoms with Gasteiger partial charge in [0.1, 0.15) is 5.82 Å². The lowest BCUT2D eigenvalue weighted by atomic mass is 9.64. The minimum atomic E-state index is -0.220. The van der Waals surface area contributed by atoms with Crippen molar-refractivity contribution >= 4 is 17.8 Å². The normalized spacial score (nSPS) is 30.5. The van der Waals surface area contributed by atoms with Gasteiger partial charge in [0.05, 0.1) is 11.8 Å². The number of fused-ring (bicyclic) bond motifs is 5. The van der Waals surface area contributed by atoms with Gasteiger partial charge in [-0.05, 0) is 48.8 Å². The first kappa shape index (κ1) is 20.2. The van der Waals surface area contributed by atoms with Crippen molar-refractivity contribution in [2.75, 3.05) is 26.7 Å². The predicted molar refractivity (Wildman–Crippen MR) is 116 cm³/mol. The predicted octanol–water partition coefficient (Wildman–Crippen LogP) is 2.22. The maximum absolute atomic E-state index is 13.3. The molecular weight excluding hydrogens is 395 g/mol. The lowest BCUT2D eigenvalue weighted by molar-refractivity contribution is -0.140. The monoisotopic (exact) mass is 424 g/mol. The number of amides is 2. The Balaban J connectivity index is 1.14. The van der Waals surface area contributed by atoms with Crippen molar-refractivity contribution in [1.82, 2.24) is 15.5 Å². The van der Waals surface area contributed by atoms with Crippen LogP contribution in [0.4, 0.5) is 4.39 Å². The average molecular weight is 425 g/mol. The number of carbonyl (C=O) groups excluding carboxylic acids is 2. The highest BCUT2D eigenvalue weighted by Gasteiger charge is 2.58. The number of guanidine groups is 1. The first-order valence-electron chi connectivity index (χ1n) is 11.3. The summed E-state index contributed by atoms with van der Waals surface area (Å²) in [5.41, 5.74) is 1.14. The minimum absolute atomic E-state index is 0.00404. The van der Waals surface area contributed by atoms with Gasteiger partial charge in [-0.1, -0.05) is 30.7 Å². The molecule has 2 bridgehead atoms. The number of carbonyl (C=O) groups is 2. The molecule has 7 heteroatoms. The molecule has 0 aromatic heterocycles. The van der Waals surface area contributed by atoms with E-state index in [-0.39, 0.29) is 46.7 Å². The summed E-state index contributed by atoms with van der Waals surface area (Å²) in [6, 6.07) is 6.78. The van der Waals surface area contributed by atoms with Crippen LogP contribution in [0, 0.1) is 29.5 Å². The topological polar surface area (TPSA) is 73.8 Å². The van der Waals surface area contributed by atoms with Crippen molar-refractivity contribution in [3.05, 3.63) is 47.8 Å². The van der Waals surface area contributed by atoms with E-state index in [4.69, 9.17) is 0 Å². The summed E-state index contributed by atoms with van der Waals surface area (Å²) in [6.45, 7) is 1.52. The number of nitrogens with zero attached hydrogens (tertiary/aromatic N) is 2. The maximum Gasteiger partial charge on any atom is 0.233 e. The van der Waals surface area contributed by atoms with Crippen LogP contribution in [-0.4, -0.2) is 49.4 Å². The molecule has 1 aromatic rings. The molecule has 4 aliphatic rings. The molecule has 4 unspecified atom stereocenters. The molecular formula is C24H29FN4O2. The molecule has 5 rings (SSSR count). The van der Waals surface area contributed by atoms with Crippen LogP contribution < -0.4 is 10.6 Å². The zero-order valence-corrected chi connectivity index (χ0v) is 17.8. The van der Waals surface area contributed by atoms with Crippen LogP contribution in [0.25, 0.3) is 0 Å². The van der Waals surface area contributed by atoms with Crippen LogP contribution in [0.1, 0.15) is 31.2 Å². The minimum Gasteiger partial charge on any atom is -0.356 e. The Morgan fingerprint density at radius 1 is 1.10 bits per heavy atom. The standard InChI is InChI=1S/C24H29FN4O2/c1-26-23(28-14-24(9-2-10-24)17-5-7-18(25)8-6-17)27-11-12-29-21(30)19-15-3-4-16(13-15)20(19)22(29)31/h3-8,15-16,19-20H,2,9-14H2,1H3,(H2,26,27,28). The van der Waals surface area contributed by atoms with Crippen molar-refractivity contribution in [2.24, 2.45) is 28.7 Å². The van der Waals surface area contributed by atoms with Gasteiger partial charge in [0, 0.05) is 32.1 Å². The molecule has 31 heavy (non-hydrogen) atoms. The van der Waals surface area contributed by atoms with E-state index in [9.17, 15) is 14.0 Å². The van der Waals surface area contributed by atoms with Crippen molar-refractivity contribution in [2.45, 2.75) is 31.1 Å². The number of likely N-dealkylation sites (tertiary alicyclic amines) is 1. The van der Waals surface area contributed by atoms with Gasteiger partial charge < -0.3 is 10.6 Å². The Morgan fingerprint density at radius 3 is 2.29 bits per heavy atom. The fraction of sp³-hybridized carbons (Fsp3) is 0.542. The van der Waals surface area contributed by atoms with Crippen LogP contribution in [0.15, 0.2) is 41.4 Å². The summed E-state index contributed by atoms with van der Waals surface area (Å²) < 4.78 is 13.3. The molecule has 2 N–H and O–H groups in total. The van der Waals surface area contributed by atoms with E-state index < -0.39 is 0 Å². The summed E-state index contributed by atoms with van der Waals surface area (Å²) in [5, 5.41) is 6.62. The van der Waals surface area contributed by atoms with Gasteiger partial charge in [0.2, 0.25) is 11.8 Å². The molecule has 1 aliphatic heterocycles. The van der Waals surface area contributed by atoms with E-state index in [1.807, 2.05) is 12.1 Å². The molecule has 164 valence electrons. The zero-order chi connectivity index (χ0) is 21.6. The number of rotatable bonds is 6. The Bertz CT molecular complexity index is 907. The van der Waals surface area contributed by atoms with E-state index in [1.165, 1.54) is 17.0 Å². The summed E-state index contributed by atoms with van der Waals surface area (Å²) in [4.78, 5) is 31.3. The van der Waals surface area contributed by atoms with E-state index in [0.29, 0.717) is 25.6 Å². The number of aliphatic imine (C=N–C) groups is 1. The highest BCUT2D eigenvalue weighted by Crippen LogP contribution is 2.52. The Labute approximate surface area is 182 Å². The second-order valence-corrected chi connectivity index (χ2v) is 9.32.